The molecule has 7 nitrogen and oxygen atoms in total. The van der Waals surface area contributed by atoms with E-state index in [9.17, 15) is 13.2 Å². The summed E-state index contributed by atoms with van der Waals surface area (Å²) in [5, 5.41) is 4.61. The summed E-state index contributed by atoms with van der Waals surface area (Å²) in [6.45, 7) is 2.99. The van der Waals surface area contributed by atoms with Crippen LogP contribution < -0.4 is 10.0 Å². The van der Waals surface area contributed by atoms with Crippen molar-refractivity contribution in [3.05, 3.63) is 96.2 Å². The van der Waals surface area contributed by atoms with E-state index < -0.39 is 10.0 Å². The van der Waals surface area contributed by atoms with Crippen molar-refractivity contribution in [1.29, 1.82) is 0 Å². The van der Waals surface area contributed by atoms with Crippen molar-refractivity contribution < 1.29 is 13.2 Å². The van der Waals surface area contributed by atoms with Crippen molar-refractivity contribution in [3.63, 3.8) is 0 Å². The fourth-order valence-corrected chi connectivity index (χ4v) is 6.71. The molecule has 2 atom stereocenters. The Labute approximate surface area is 242 Å². The largest absolute Gasteiger partial charge is 0.346 e. The van der Waals surface area contributed by atoms with E-state index in [0.717, 1.165) is 42.3 Å². The van der Waals surface area contributed by atoms with E-state index in [1.165, 1.54) is 22.9 Å². The summed E-state index contributed by atoms with van der Waals surface area (Å²) in [4.78, 5) is 16.5. The molecule has 0 unspecified atom stereocenters. The van der Waals surface area contributed by atoms with Gasteiger partial charge in [-0.1, -0.05) is 72.8 Å². The number of carbonyl (C=O) groups excluding carboxylic acids is 1. The van der Waals surface area contributed by atoms with Crippen molar-refractivity contribution in [2.75, 3.05) is 25.9 Å². The first kappa shape index (κ1) is 27.7. The molecule has 2 fully saturated rings. The van der Waals surface area contributed by atoms with E-state index in [-0.39, 0.29) is 23.8 Å². The Bertz CT molecular complexity index is 1630. The lowest BCUT2D eigenvalue weighted by Crippen LogP contribution is -2.47. The van der Waals surface area contributed by atoms with Crippen molar-refractivity contribution in [1.82, 2.24) is 19.5 Å². The molecule has 2 heterocycles. The molecule has 1 amide bonds. The molecule has 214 valence electrons. The van der Waals surface area contributed by atoms with Gasteiger partial charge in [-0.3, -0.25) is 4.79 Å². The second-order valence-corrected chi connectivity index (χ2v) is 13.3. The molecule has 6 rings (SSSR count). The number of sulfonamides is 1. The Morgan fingerprint density at radius 2 is 1.73 bits per heavy atom. The summed E-state index contributed by atoms with van der Waals surface area (Å²) >= 11 is 0. The highest BCUT2D eigenvalue weighted by atomic mass is 32.2. The fourth-order valence-electron chi connectivity index (χ4n) is 6.25. The van der Waals surface area contributed by atoms with Crippen LogP contribution in [-0.2, 0) is 27.9 Å². The first-order chi connectivity index (χ1) is 19.9. The van der Waals surface area contributed by atoms with Crippen LogP contribution in [-0.4, -0.2) is 55.7 Å². The van der Waals surface area contributed by atoms with Gasteiger partial charge in [0.15, 0.2) is 0 Å². The predicted molar refractivity (Wildman–Crippen MR) is 164 cm³/mol. The van der Waals surface area contributed by atoms with E-state index in [1.54, 1.807) is 0 Å². The summed E-state index contributed by atoms with van der Waals surface area (Å²) in [6.07, 6.45) is 6.28. The average Bonchev–Trinajstić information content (AvgIpc) is 3.78. The number of aromatic nitrogens is 1. The first-order valence-corrected chi connectivity index (χ1v) is 16.4. The van der Waals surface area contributed by atoms with Crippen LogP contribution in [0.4, 0.5) is 0 Å². The van der Waals surface area contributed by atoms with Crippen molar-refractivity contribution in [2.24, 2.45) is 5.92 Å². The Hall–Kier alpha value is -3.46. The van der Waals surface area contributed by atoms with Crippen molar-refractivity contribution in [2.45, 2.75) is 44.3 Å². The third-order valence-electron chi connectivity index (χ3n) is 8.42. The van der Waals surface area contributed by atoms with Gasteiger partial charge in [0.05, 0.1) is 12.2 Å². The molecule has 1 aliphatic carbocycles. The lowest BCUT2D eigenvalue weighted by Gasteiger charge is -2.36. The summed E-state index contributed by atoms with van der Waals surface area (Å²) in [7, 11) is -3.26. The number of rotatable bonds is 10. The van der Waals surface area contributed by atoms with Crippen LogP contribution in [0.3, 0.4) is 0 Å². The Morgan fingerprint density at radius 3 is 2.51 bits per heavy atom. The maximum Gasteiger partial charge on any atom is 0.228 e. The number of para-hydroxylation sites is 1. The zero-order valence-corrected chi connectivity index (χ0v) is 24.3. The van der Waals surface area contributed by atoms with Crippen LogP contribution in [0.2, 0.25) is 0 Å². The zero-order chi connectivity index (χ0) is 28.4. The first-order valence-electron chi connectivity index (χ1n) is 14.6. The third-order valence-corrected chi connectivity index (χ3v) is 9.15. The highest BCUT2D eigenvalue weighted by molar-refractivity contribution is 7.88. The molecule has 0 radical (unpaired) electrons. The Kier molecular flexibility index (Phi) is 7.97. The number of hydrogen-bond donors (Lipinski definition) is 2. The van der Waals surface area contributed by atoms with Gasteiger partial charge in [0.2, 0.25) is 15.9 Å². The molecule has 0 spiro atoms. The Balaban J connectivity index is 1.26. The molecule has 4 aromatic rings. The molecule has 3 aromatic carbocycles. The van der Waals surface area contributed by atoms with Gasteiger partial charge >= 0.3 is 0 Å². The van der Waals surface area contributed by atoms with Crippen LogP contribution in [0.1, 0.15) is 36.3 Å². The number of carbonyl (C=O) groups is 1. The maximum atomic E-state index is 14.4. The lowest BCUT2D eigenvalue weighted by molar-refractivity contribution is -0.138. The number of fused-ring (bicyclic) bond motifs is 1. The molecule has 0 bridgehead atoms. The standard InChI is InChI=1S/C33H38N4O3S/c1-41(39,40)35-18-19-36-22-27(30-12-5-6-13-32(30)36)23-37(28-14-15-28)33(38)31-21-34-17-16-29(31)26-11-7-10-25(20-26)24-8-3-2-4-9-24/h2-13,20,22,28-29,31,34-35H,14-19,21,23H2,1H3/t29-,31+/m1/s1. The molecule has 1 saturated carbocycles. The summed E-state index contributed by atoms with van der Waals surface area (Å²) in [6, 6.07) is 27.6. The van der Waals surface area contributed by atoms with Crippen LogP contribution in [0, 0.1) is 5.92 Å². The number of benzene rings is 3. The summed E-state index contributed by atoms with van der Waals surface area (Å²) in [5.74, 6) is 0.269. The maximum absolute atomic E-state index is 14.4. The minimum absolute atomic E-state index is 0.123. The van der Waals surface area contributed by atoms with Gasteiger partial charge in [0.1, 0.15) is 0 Å². The molecular formula is C33H38N4O3S. The zero-order valence-electron chi connectivity index (χ0n) is 23.5. The van der Waals surface area contributed by atoms with Crippen LogP contribution in [0.15, 0.2) is 85.1 Å². The van der Waals surface area contributed by atoms with Gasteiger partial charge in [0.25, 0.3) is 0 Å². The number of nitrogens with zero attached hydrogens (tertiary/aromatic N) is 2. The van der Waals surface area contributed by atoms with Gasteiger partial charge in [-0.15, -0.1) is 0 Å². The Morgan fingerprint density at radius 1 is 0.976 bits per heavy atom. The SMILES string of the molecule is CS(=O)(=O)NCCn1cc(CN(C(=O)[C@H]2CNCC[C@@H]2c2cccc(-c3ccccc3)c2)C2CC2)c2ccccc21. The number of nitrogens with one attached hydrogen (secondary N) is 2. The minimum Gasteiger partial charge on any atom is -0.346 e. The molecule has 1 saturated heterocycles. The smallest absolute Gasteiger partial charge is 0.228 e. The lowest BCUT2D eigenvalue weighted by atomic mass is 9.79. The van der Waals surface area contributed by atoms with E-state index in [1.807, 2.05) is 18.2 Å². The topological polar surface area (TPSA) is 83.4 Å². The third kappa shape index (κ3) is 6.40. The summed E-state index contributed by atoms with van der Waals surface area (Å²) in [5.41, 5.74) is 5.76. The van der Waals surface area contributed by atoms with Gasteiger partial charge < -0.3 is 14.8 Å². The second kappa shape index (κ2) is 11.8. The van der Waals surface area contributed by atoms with Crippen LogP contribution in [0.25, 0.3) is 22.0 Å². The van der Waals surface area contributed by atoms with Gasteiger partial charge in [-0.25, -0.2) is 13.1 Å². The van der Waals surface area contributed by atoms with Crippen LogP contribution >= 0.6 is 0 Å². The summed E-state index contributed by atoms with van der Waals surface area (Å²) < 4.78 is 27.9. The van der Waals surface area contributed by atoms with Gasteiger partial charge in [-0.2, -0.15) is 0 Å². The van der Waals surface area contributed by atoms with Crippen molar-refractivity contribution in [3.8, 4) is 11.1 Å². The average molecular weight is 571 g/mol. The molecule has 41 heavy (non-hydrogen) atoms. The normalized spacial score (nSPS) is 19.3. The molecule has 1 aliphatic heterocycles. The van der Waals surface area contributed by atoms with Crippen molar-refractivity contribution >= 4 is 26.8 Å². The second-order valence-electron chi connectivity index (χ2n) is 11.4. The molecule has 1 aromatic heterocycles. The minimum atomic E-state index is -3.26. The number of piperidine rings is 1. The molecule has 8 heteroatoms. The van der Waals surface area contributed by atoms with E-state index in [4.69, 9.17) is 0 Å². The predicted octanol–water partition coefficient (Wildman–Crippen LogP) is 4.74. The number of hydrogen-bond acceptors (Lipinski definition) is 4. The van der Waals surface area contributed by atoms with Crippen LogP contribution in [0.5, 0.6) is 0 Å². The number of amides is 1. The van der Waals surface area contributed by atoms with Gasteiger partial charge in [-0.05, 0) is 60.0 Å². The fraction of sp³-hybridized carbons (Fsp3) is 0.364. The molecular weight excluding hydrogens is 532 g/mol. The highest BCUT2D eigenvalue weighted by Crippen LogP contribution is 2.38. The molecule has 2 aliphatic rings. The van der Waals surface area contributed by atoms with E-state index in [0.29, 0.717) is 26.2 Å². The quantitative estimate of drug-likeness (QED) is 0.289. The highest BCUT2D eigenvalue weighted by Gasteiger charge is 2.40. The monoisotopic (exact) mass is 570 g/mol. The van der Waals surface area contributed by atoms with E-state index in [2.05, 4.69) is 86.4 Å². The molecule has 2 N–H and O–H groups in total. The van der Waals surface area contributed by atoms with Gasteiger partial charge in [0, 0.05) is 49.3 Å². The van der Waals surface area contributed by atoms with E-state index >= 15 is 0 Å².